The molecule has 2 amide bonds. The Labute approximate surface area is 127 Å². The van der Waals surface area contributed by atoms with Crippen molar-refractivity contribution < 1.29 is 9.59 Å². The fourth-order valence-corrected chi connectivity index (χ4v) is 2.87. The second-order valence-electron chi connectivity index (χ2n) is 5.96. The first kappa shape index (κ1) is 15.0. The quantitative estimate of drug-likeness (QED) is 0.901. The zero-order valence-electron chi connectivity index (χ0n) is 12.1. The van der Waals surface area contributed by atoms with E-state index in [1.807, 2.05) is 38.1 Å². The van der Waals surface area contributed by atoms with Crippen molar-refractivity contribution in [2.75, 3.05) is 4.90 Å². The lowest BCUT2D eigenvalue weighted by molar-refractivity contribution is -0.138. The van der Waals surface area contributed by atoms with Gasteiger partial charge in [-0.15, -0.1) is 0 Å². The second kappa shape index (κ2) is 5.20. The van der Waals surface area contributed by atoms with E-state index in [0.29, 0.717) is 0 Å². The summed E-state index contributed by atoms with van der Waals surface area (Å²) in [4.78, 5) is 26.7. The maximum Gasteiger partial charge on any atom is 0.252 e. The van der Waals surface area contributed by atoms with Crippen LogP contribution in [0.2, 0.25) is 0 Å². The molecule has 4 nitrogen and oxygen atoms in total. The fourth-order valence-electron chi connectivity index (χ4n) is 2.48. The number of rotatable bonds is 2. The highest BCUT2D eigenvalue weighted by Gasteiger charge is 2.46. The third-order valence-electron chi connectivity index (χ3n) is 3.45. The molecule has 1 saturated heterocycles. The van der Waals surface area contributed by atoms with Gasteiger partial charge >= 0.3 is 0 Å². The summed E-state index contributed by atoms with van der Waals surface area (Å²) in [5.41, 5.74) is -0.142. The third kappa shape index (κ3) is 2.59. The number of anilines is 1. The van der Waals surface area contributed by atoms with E-state index in [0.717, 1.165) is 10.2 Å². The number of nitrogens with one attached hydrogen (secondary N) is 1. The van der Waals surface area contributed by atoms with Gasteiger partial charge in [-0.2, -0.15) is 0 Å². The van der Waals surface area contributed by atoms with E-state index in [1.54, 1.807) is 18.7 Å². The Hall–Kier alpha value is -1.36. The van der Waals surface area contributed by atoms with Crippen LogP contribution >= 0.6 is 15.9 Å². The SMILES string of the molecule is CC(C)C1C(=O)NC(C)(C)C(=O)N1c1cccc(Br)c1. The molecule has 108 valence electrons. The molecule has 0 radical (unpaired) electrons. The van der Waals surface area contributed by atoms with Crippen molar-refractivity contribution in [1.82, 2.24) is 5.32 Å². The highest BCUT2D eigenvalue weighted by molar-refractivity contribution is 9.10. The summed E-state index contributed by atoms with van der Waals surface area (Å²) in [5, 5.41) is 2.81. The van der Waals surface area contributed by atoms with Gasteiger partial charge in [0.15, 0.2) is 0 Å². The summed E-state index contributed by atoms with van der Waals surface area (Å²) >= 11 is 3.41. The summed E-state index contributed by atoms with van der Waals surface area (Å²) in [7, 11) is 0. The Morgan fingerprint density at radius 3 is 2.50 bits per heavy atom. The van der Waals surface area contributed by atoms with Gasteiger partial charge in [0.1, 0.15) is 11.6 Å². The zero-order valence-corrected chi connectivity index (χ0v) is 13.7. The van der Waals surface area contributed by atoms with E-state index >= 15 is 0 Å². The first-order valence-electron chi connectivity index (χ1n) is 6.65. The number of amides is 2. The molecule has 1 N–H and O–H groups in total. The first-order valence-corrected chi connectivity index (χ1v) is 7.44. The Kier molecular flexibility index (Phi) is 3.91. The molecule has 0 aromatic heterocycles. The number of carbonyl (C=O) groups is 2. The molecule has 0 spiro atoms. The van der Waals surface area contributed by atoms with E-state index in [2.05, 4.69) is 21.2 Å². The van der Waals surface area contributed by atoms with Crippen LogP contribution in [-0.2, 0) is 9.59 Å². The topological polar surface area (TPSA) is 49.4 Å². The van der Waals surface area contributed by atoms with Gasteiger partial charge in [-0.1, -0.05) is 35.8 Å². The monoisotopic (exact) mass is 338 g/mol. The van der Waals surface area contributed by atoms with Crippen molar-refractivity contribution in [2.45, 2.75) is 39.3 Å². The van der Waals surface area contributed by atoms with Gasteiger partial charge in [0.2, 0.25) is 5.91 Å². The van der Waals surface area contributed by atoms with Crippen LogP contribution in [0.1, 0.15) is 27.7 Å². The number of piperazine rings is 1. The van der Waals surface area contributed by atoms with Crippen LogP contribution in [0, 0.1) is 5.92 Å². The number of halogens is 1. The van der Waals surface area contributed by atoms with Crippen LogP contribution in [0.3, 0.4) is 0 Å². The van der Waals surface area contributed by atoms with Gasteiger partial charge in [0.25, 0.3) is 5.91 Å². The average molecular weight is 339 g/mol. The largest absolute Gasteiger partial charge is 0.340 e. The number of hydrogen-bond acceptors (Lipinski definition) is 2. The first-order chi connectivity index (χ1) is 9.24. The molecule has 5 heteroatoms. The third-order valence-corrected chi connectivity index (χ3v) is 3.95. The van der Waals surface area contributed by atoms with E-state index in [1.165, 1.54) is 0 Å². The molecule has 1 aromatic rings. The summed E-state index contributed by atoms with van der Waals surface area (Å²) in [6.07, 6.45) is 0. The molecule has 1 aliphatic heterocycles. The Morgan fingerprint density at radius 2 is 1.95 bits per heavy atom. The molecule has 1 unspecified atom stereocenters. The molecular formula is C15H19BrN2O2. The lowest BCUT2D eigenvalue weighted by atomic mass is 9.91. The van der Waals surface area contributed by atoms with E-state index in [9.17, 15) is 9.59 Å². The highest BCUT2D eigenvalue weighted by Crippen LogP contribution is 2.30. The minimum absolute atomic E-state index is 0.0361. The van der Waals surface area contributed by atoms with Crippen molar-refractivity contribution >= 4 is 33.4 Å². The van der Waals surface area contributed by atoms with Gasteiger partial charge in [0.05, 0.1) is 0 Å². The molecule has 0 saturated carbocycles. The van der Waals surface area contributed by atoms with Crippen molar-refractivity contribution in [3.63, 3.8) is 0 Å². The van der Waals surface area contributed by atoms with Crippen LogP contribution < -0.4 is 10.2 Å². The standard InChI is InChI=1S/C15H19BrN2O2/c1-9(2)12-13(19)17-15(3,4)14(20)18(12)11-7-5-6-10(16)8-11/h5-9,12H,1-4H3,(H,17,19). The molecule has 2 rings (SSSR count). The minimum Gasteiger partial charge on any atom is -0.340 e. The van der Waals surface area contributed by atoms with Crippen molar-refractivity contribution in [2.24, 2.45) is 5.92 Å². The van der Waals surface area contributed by atoms with Gasteiger partial charge in [-0.05, 0) is 38.0 Å². The van der Waals surface area contributed by atoms with Crippen LogP contribution in [0.25, 0.3) is 0 Å². The molecule has 0 aliphatic carbocycles. The maximum absolute atomic E-state index is 12.7. The number of hydrogen-bond donors (Lipinski definition) is 1. The Morgan fingerprint density at radius 1 is 1.30 bits per heavy atom. The Bertz CT molecular complexity index is 555. The van der Waals surface area contributed by atoms with Gasteiger partial charge in [0, 0.05) is 10.2 Å². The molecular weight excluding hydrogens is 320 g/mol. The number of carbonyl (C=O) groups excluding carboxylic acids is 2. The predicted octanol–water partition coefficient (Wildman–Crippen LogP) is 2.72. The smallest absolute Gasteiger partial charge is 0.252 e. The van der Waals surface area contributed by atoms with Gasteiger partial charge in [-0.3, -0.25) is 14.5 Å². The van der Waals surface area contributed by atoms with Crippen molar-refractivity contribution in [3.8, 4) is 0 Å². The average Bonchev–Trinajstić information content (AvgIpc) is 2.32. The fraction of sp³-hybridized carbons (Fsp3) is 0.467. The summed E-state index contributed by atoms with van der Waals surface area (Å²) in [6.45, 7) is 7.35. The van der Waals surface area contributed by atoms with Crippen molar-refractivity contribution in [1.29, 1.82) is 0 Å². The second-order valence-corrected chi connectivity index (χ2v) is 6.87. The molecule has 1 aromatic carbocycles. The van der Waals surface area contributed by atoms with Gasteiger partial charge in [-0.25, -0.2) is 0 Å². The molecule has 20 heavy (non-hydrogen) atoms. The van der Waals surface area contributed by atoms with Crippen LogP contribution in [0.5, 0.6) is 0 Å². The minimum atomic E-state index is -0.884. The van der Waals surface area contributed by atoms with E-state index < -0.39 is 11.6 Å². The molecule has 1 heterocycles. The highest BCUT2D eigenvalue weighted by atomic mass is 79.9. The van der Waals surface area contributed by atoms with E-state index in [4.69, 9.17) is 0 Å². The number of nitrogens with zero attached hydrogens (tertiary/aromatic N) is 1. The summed E-state index contributed by atoms with van der Waals surface area (Å²) in [5.74, 6) is -0.160. The molecule has 1 fully saturated rings. The number of benzene rings is 1. The van der Waals surface area contributed by atoms with Crippen LogP contribution in [0.15, 0.2) is 28.7 Å². The molecule has 0 bridgehead atoms. The summed E-state index contributed by atoms with van der Waals surface area (Å²) < 4.78 is 0.883. The van der Waals surface area contributed by atoms with Crippen LogP contribution in [-0.4, -0.2) is 23.4 Å². The summed E-state index contributed by atoms with van der Waals surface area (Å²) in [6, 6.07) is 7.00. The Balaban J connectivity index is 2.53. The predicted molar refractivity (Wildman–Crippen MR) is 82.5 cm³/mol. The van der Waals surface area contributed by atoms with Crippen molar-refractivity contribution in [3.05, 3.63) is 28.7 Å². The van der Waals surface area contributed by atoms with Crippen LogP contribution in [0.4, 0.5) is 5.69 Å². The van der Waals surface area contributed by atoms with E-state index in [-0.39, 0.29) is 17.7 Å². The zero-order chi connectivity index (χ0) is 15.1. The molecule has 1 aliphatic rings. The maximum atomic E-state index is 12.7. The lowest BCUT2D eigenvalue weighted by Gasteiger charge is -2.44. The van der Waals surface area contributed by atoms with Gasteiger partial charge < -0.3 is 5.32 Å². The normalized spacial score (nSPS) is 22.1. The molecule has 1 atom stereocenters. The lowest BCUT2D eigenvalue weighted by Crippen LogP contribution is -2.69.